The molecule has 0 bridgehead atoms. The first-order valence-electron chi connectivity index (χ1n) is 6.34. The van der Waals surface area contributed by atoms with Crippen molar-refractivity contribution in [3.63, 3.8) is 0 Å². The summed E-state index contributed by atoms with van der Waals surface area (Å²) >= 11 is 0. The maximum atomic E-state index is 13.8. The molecule has 2 nitrogen and oxygen atoms in total. The van der Waals surface area contributed by atoms with Gasteiger partial charge in [0.15, 0.2) is 5.78 Å². The summed E-state index contributed by atoms with van der Waals surface area (Å²) in [4.78, 5) is 12.5. The third-order valence-corrected chi connectivity index (χ3v) is 3.30. The number of nitrogen functional groups attached to an aromatic ring is 1. The molecule has 4 heteroatoms. The Morgan fingerprint density at radius 2 is 1.62 bits per heavy atom. The minimum absolute atomic E-state index is 0.143. The highest BCUT2D eigenvalue weighted by Crippen LogP contribution is 2.25. The van der Waals surface area contributed by atoms with Gasteiger partial charge in [0.05, 0.1) is 0 Å². The molecule has 0 unspecified atom stereocenters. The third-order valence-electron chi connectivity index (χ3n) is 3.30. The number of ketones is 1. The Morgan fingerprint density at radius 1 is 0.905 bits per heavy atom. The van der Waals surface area contributed by atoms with Crippen LogP contribution in [-0.4, -0.2) is 5.78 Å². The van der Waals surface area contributed by atoms with Gasteiger partial charge in [0.25, 0.3) is 0 Å². The van der Waals surface area contributed by atoms with E-state index < -0.39 is 17.4 Å². The van der Waals surface area contributed by atoms with E-state index in [-0.39, 0.29) is 11.3 Å². The Kier molecular flexibility index (Phi) is 3.14. The van der Waals surface area contributed by atoms with Gasteiger partial charge in [0, 0.05) is 22.2 Å². The SMILES string of the molecule is Nc1cc(F)cc(C(=O)c2ccc(F)c3ccccc23)c1. The fourth-order valence-corrected chi connectivity index (χ4v) is 2.36. The highest BCUT2D eigenvalue weighted by molar-refractivity contribution is 6.16. The third kappa shape index (κ3) is 2.36. The van der Waals surface area contributed by atoms with Crippen LogP contribution in [0.1, 0.15) is 15.9 Å². The Balaban J connectivity index is 2.20. The summed E-state index contributed by atoms with van der Waals surface area (Å²) in [5, 5.41) is 0.845. The molecule has 3 rings (SSSR count). The summed E-state index contributed by atoms with van der Waals surface area (Å²) in [5.41, 5.74) is 6.19. The lowest BCUT2D eigenvalue weighted by molar-refractivity contribution is 0.104. The fourth-order valence-electron chi connectivity index (χ4n) is 2.36. The van der Waals surface area contributed by atoms with Gasteiger partial charge in [-0.05, 0) is 35.7 Å². The van der Waals surface area contributed by atoms with Crippen molar-refractivity contribution in [2.24, 2.45) is 0 Å². The summed E-state index contributed by atoms with van der Waals surface area (Å²) < 4.78 is 27.2. The molecule has 0 aromatic heterocycles. The average molecular weight is 283 g/mol. The highest BCUT2D eigenvalue weighted by atomic mass is 19.1. The van der Waals surface area contributed by atoms with Gasteiger partial charge >= 0.3 is 0 Å². The minimum Gasteiger partial charge on any atom is -0.399 e. The highest BCUT2D eigenvalue weighted by Gasteiger charge is 2.15. The standard InChI is InChI=1S/C17H11F2NO/c18-11-7-10(8-12(20)9-11)17(21)15-5-6-16(19)14-4-2-1-3-13(14)15/h1-9H,20H2. The van der Waals surface area contributed by atoms with E-state index in [4.69, 9.17) is 5.73 Å². The van der Waals surface area contributed by atoms with Crippen molar-refractivity contribution in [1.29, 1.82) is 0 Å². The molecule has 0 aliphatic rings. The van der Waals surface area contributed by atoms with E-state index in [1.54, 1.807) is 24.3 Å². The molecule has 0 aliphatic heterocycles. The summed E-state index contributed by atoms with van der Waals surface area (Å²) in [7, 11) is 0. The molecule has 0 fully saturated rings. The molecule has 0 radical (unpaired) electrons. The summed E-state index contributed by atoms with van der Waals surface area (Å²) in [5.74, 6) is -1.37. The van der Waals surface area contributed by atoms with E-state index in [2.05, 4.69) is 0 Å². The molecule has 3 aromatic carbocycles. The zero-order valence-electron chi connectivity index (χ0n) is 10.9. The predicted molar refractivity (Wildman–Crippen MR) is 78.2 cm³/mol. The van der Waals surface area contributed by atoms with Crippen LogP contribution in [0.2, 0.25) is 0 Å². The molecule has 0 saturated heterocycles. The Morgan fingerprint density at radius 3 is 2.33 bits per heavy atom. The number of nitrogens with two attached hydrogens (primary N) is 1. The van der Waals surface area contributed by atoms with E-state index in [0.29, 0.717) is 16.3 Å². The lowest BCUT2D eigenvalue weighted by atomic mass is 9.96. The topological polar surface area (TPSA) is 43.1 Å². The number of halogens is 2. The first-order chi connectivity index (χ1) is 10.1. The van der Waals surface area contributed by atoms with Crippen molar-refractivity contribution in [2.75, 3.05) is 5.73 Å². The van der Waals surface area contributed by atoms with Crippen molar-refractivity contribution >= 4 is 22.2 Å². The maximum Gasteiger partial charge on any atom is 0.193 e. The molecule has 2 N–H and O–H groups in total. The lowest BCUT2D eigenvalue weighted by Gasteiger charge is -2.07. The van der Waals surface area contributed by atoms with Crippen LogP contribution in [0.25, 0.3) is 10.8 Å². The average Bonchev–Trinajstić information content (AvgIpc) is 2.46. The van der Waals surface area contributed by atoms with Crippen LogP contribution in [0, 0.1) is 11.6 Å². The lowest BCUT2D eigenvalue weighted by Crippen LogP contribution is -2.04. The molecule has 0 aliphatic carbocycles. The van der Waals surface area contributed by atoms with Gasteiger partial charge in [-0.3, -0.25) is 4.79 Å². The van der Waals surface area contributed by atoms with Crippen molar-refractivity contribution in [2.45, 2.75) is 0 Å². The van der Waals surface area contributed by atoms with Gasteiger partial charge in [0.1, 0.15) is 11.6 Å². The molecule has 0 spiro atoms. The first-order valence-corrected chi connectivity index (χ1v) is 6.34. The number of anilines is 1. The summed E-state index contributed by atoms with van der Waals surface area (Å²) in [6.07, 6.45) is 0. The number of fused-ring (bicyclic) bond motifs is 1. The smallest absolute Gasteiger partial charge is 0.193 e. The largest absolute Gasteiger partial charge is 0.399 e. The molecule has 0 atom stereocenters. The van der Waals surface area contributed by atoms with E-state index in [9.17, 15) is 13.6 Å². The van der Waals surface area contributed by atoms with Gasteiger partial charge < -0.3 is 5.73 Å². The van der Waals surface area contributed by atoms with Gasteiger partial charge in [-0.1, -0.05) is 24.3 Å². The van der Waals surface area contributed by atoms with Crippen molar-refractivity contribution in [3.05, 3.63) is 77.4 Å². The Hall–Kier alpha value is -2.75. The van der Waals surface area contributed by atoms with E-state index in [1.165, 1.54) is 18.2 Å². The number of benzene rings is 3. The van der Waals surface area contributed by atoms with Gasteiger partial charge in [-0.2, -0.15) is 0 Å². The Bertz CT molecular complexity index is 838. The van der Waals surface area contributed by atoms with Crippen LogP contribution in [0.15, 0.2) is 54.6 Å². The first kappa shape index (κ1) is 13.2. The number of carbonyl (C=O) groups excluding carboxylic acids is 1. The molecule has 0 saturated carbocycles. The number of hydrogen-bond donors (Lipinski definition) is 1. The molecule has 0 heterocycles. The number of carbonyl (C=O) groups is 1. The second kappa shape index (κ2) is 4.98. The normalized spacial score (nSPS) is 10.8. The minimum atomic E-state index is -0.579. The van der Waals surface area contributed by atoms with E-state index >= 15 is 0 Å². The fraction of sp³-hybridized carbons (Fsp3) is 0. The second-order valence-electron chi connectivity index (χ2n) is 4.74. The van der Waals surface area contributed by atoms with Crippen LogP contribution < -0.4 is 5.73 Å². The van der Waals surface area contributed by atoms with Crippen LogP contribution in [0.3, 0.4) is 0 Å². The second-order valence-corrected chi connectivity index (χ2v) is 4.74. The molecule has 21 heavy (non-hydrogen) atoms. The van der Waals surface area contributed by atoms with Crippen molar-refractivity contribution in [3.8, 4) is 0 Å². The molecular formula is C17H11F2NO. The molecule has 104 valence electrons. The van der Waals surface area contributed by atoms with Gasteiger partial charge in [0.2, 0.25) is 0 Å². The van der Waals surface area contributed by atoms with Crippen LogP contribution >= 0.6 is 0 Å². The number of hydrogen-bond acceptors (Lipinski definition) is 2. The summed E-state index contributed by atoms with van der Waals surface area (Å²) in [6, 6.07) is 13.0. The zero-order valence-corrected chi connectivity index (χ0v) is 10.9. The summed E-state index contributed by atoms with van der Waals surface area (Å²) in [6.45, 7) is 0. The predicted octanol–water partition coefficient (Wildman–Crippen LogP) is 3.93. The molecular weight excluding hydrogens is 272 g/mol. The Labute approximate surface area is 119 Å². The van der Waals surface area contributed by atoms with Crippen LogP contribution in [-0.2, 0) is 0 Å². The van der Waals surface area contributed by atoms with Crippen LogP contribution in [0.4, 0.5) is 14.5 Å². The van der Waals surface area contributed by atoms with Crippen molar-refractivity contribution in [1.82, 2.24) is 0 Å². The maximum absolute atomic E-state index is 13.8. The zero-order chi connectivity index (χ0) is 15.0. The van der Waals surface area contributed by atoms with Crippen LogP contribution in [0.5, 0.6) is 0 Å². The van der Waals surface area contributed by atoms with Crippen molar-refractivity contribution < 1.29 is 13.6 Å². The van der Waals surface area contributed by atoms with Gasteiger partial charge in [-0.15, -0.1) is 0 Å². The quantitative estimate of drug-likeness (QED) is 0.572. The monoisotopic (exact) mass is 283 g/mol. The van der Waals surface area contributed by atoms with E-state index in [1.807, 2.05) is 0 Å². The molecule has 0 amide bonds. The molecule has 3 aromatic rings. The number of rotatable bonds is 2. The van der Waals surface area contributed by atoms with Gasteiger partial charge in [-0.25, -0.2) is 8.78 Å². The van der Waals surface area contributed by atoms with E-state index in [0.717, 1.165) is 12.1 Å².